The van der Waals surface area contributed by atoms with Crippen LogP contribution in [-0.4, -0.2) is 54.0 Å². The van der Waals surface area contributed by atoms with Crippen LogP contribution in [-0.2, 0) is 23.0 Å². The molecular weight excluding hydrogens is 358 g/mol. The molecule has 2 aromatic rings. The number of rotatable bonds is 7. The topological polar surface area (TPSA) is 101 Å². The van der Waals surface area contributed by atoms with Crippen LogP contribution in [0.1, 0.15) is 36.1 Å². The highest BCUT2D eigenvalue weighted by molar-refractivity contribution is 5.80. The van der Waals surface area contributed by atoms with Crippen molar-refractivity contribution in [3.05, 3.63) is 27.2 Å². The summed E-state index contributed by atoms with van der Waals surface area (Å²) in [5, 5.41) is 10.0. The molecule has 0 aromatic carbocycles. The highest BCUT2D eigenvalue weighted by atomic mass is 16.5. The van der Waals surface area contributed by atoms with E-state index >= 15 is 0 Å². The summed E-state index contributed by atoms with van der Waals surface area (Å²) in [5.41, 5.74) is 3.27. The molecule has 0 aliphatic carbocycles. The van der Waals surface area contributed by atoms with Gasteiger partial charge in [0, 0.05) is 38.2 Å². The number of hydrogen-bond acceptors (Lipinski definition) is 5. The van der Waals surface area contributed by atoms with Gasteiger partial charge >= 0.3 is 0 Å². The number of carbonyl (C=O) groups is 1. The first-order valence-electron chi connectivity index (χ1n) is 9.88. The minimum absolute atomic E-state index is 0.0132. The molecule has 1 aliphatic rings. The van der Waals surface area contributed by atoms with Gasteiger partial charge in [-0.2, -0.15) is 0 Å². The van der Waals surface area contributed by atoms with E-state index in [1.54, 1.807) is 14.2 Å². The summed E-state index contributed by atoms with van der Waals surface area (Å²) in [4.78, 5) is 29.3. The molecule has 1 aliphatic heterocycles. The zero-order valence-corrected chi connectivity index (χ0v) is 17.3. The summed E-state index contributed by atoms with van der Waals surface area (Å²) in [6, 6.07) is 0. The molecule has 3 N–H and O–H groups in total. The summed E-state index contributed by atoms with van der Waals surface area (Å²) in [6.07, 6.45) is 2.94. The fourth-order valence-electron chi connectivity index (χ4n) is 4.23. The van der Waals surface area contributed by atoms with E-state index in [9.17, 15) is 9.59 Å². The molecule has 0 atom stereocenters. The maximum atomic E-state index is 12.5. The van der Waals surface area contributed by atoms with Crippen molar-refractivity contribution in [3.8, 4) is 0 Å². The predicted molar refractivity (Wildman–Crippen MR) is 109 cm³/mol. The van der Waals surface area contributed by atoms with Crippen molar-refractivity contribution in [2.45, 2.75) is 39.5 Å². The first-order valence-corrected chi connectivity index (χ1v) is 9.88. The van der Waals surface area contributed by atoms with Crippen LogP contribution in [0.3, 0.4) is 0 Å². The molecule has 154 valence electrons. The van der Waals surface area contributed by atoms with E-state index in [0.717, 1.165) is 42.8 Å². The second kappa shape index (κ2) is 8.45. The number of nitrogens with one attached hydrogen (secondary N) is 3. The first kappa shape index (κ1) is 20.5. The van der Waals surface area contributed by atoms with Crippen LogP contribution in [0, 0.1) is 19.3 Å². The van der Waals surface area contributed by atoms with Crippen molar-refractivity contribution in [2.24, 2.45) is 12.5 Å². The van der Waals surface area contributed by atoms with Gasteiger partial charge < -0.3 is 15.4 Å². The van der Waals surface area contributed by atoms with E-state index < -0.39 is 0 Å². The highest BCUT2D eigenvalue weighted by Gasteiger charge is 2.32. The van der Waals surface area contributed by atoms with Crippen LogP contribution < -0.4 is 16.2 Å². The molecule has 28 heavy (non-hydrogen) atoms. The fourth-order valence-corrected chi connectivity index (χ4v) is 4.23. The lowest BCUT2D eigenvalue weighted by Gasteiger charge is -2.37. The molecular formula is C20H31N5O3. The summed E-state index contributed by atoms with van der Waals surface area (Å²) in [5.74, 6) is 0.0230. The van der Waals surface area contributed by atoms with Crippen molar-refractivity contribution in [2.75, 3.05) is 33.4 Å². The number of hydrogen-bond donors (Lipinski definition) is 3. The third-order valence-corrected chi connectivity index (χ3v) is 5.95. The Hall–Kier alpha value is -2.19. The van der Waals surface area contributed by atoms with Crippen LogP contribution in [0.5, 0.6) is 0 Å². The van der Waals surface area contributed by atoms with Gasteiger partial charge in [-0.15, -0.1) is 0 Å². The Morgan fingerprint density at radius 2 is 2.04 bits per heavy atom. The monoisotopic (exact) mass is 389 g/mol. The third kappa shape index (κ3) is 4.12. The van der Waals surface area contributed by atoms with Gasteiger partial charge in [0.25, 0.3) is 5.56 Å². The Morgan fingerprint density at radius 1 is 1.32 bits per heavy atom. The molecule has 0 spiro atoms. The van der Waals surface area contributed by atoms with Crippen molar-refractivity contribution < 1.29 is 9.53 Å². The van der Waals surface area contributed by atoms with Gasteiger partial charge in [0.15, 0.2) is 5.65 Å². The number of aromatic nitrogens is 3. The molecule has 8 nitrogen and oxygen atoms in total. The van der Waals surface area contributed by atoms with E-state index in [1.165, 1.54) is 4.68 Å². The molecule has 3 heterocycles. The average Bonchev–Trinajstić information content (AvgIpc) is 2.94. The number of aromatic amines is 1. The summed E-state index contributed by atoms with van der Waals surface area (Å²) >= 11 is 0. The zero-order valence-electron chi connectivity index (χ0n) is 17.3. The lowest BCUT2D eigenvalue weighted by atomic mass is 9.79. The Morgan fingerprint density at radius 3 is 2.71 bits per heavy atom. The van der Waals surface area contributed by atoms with E-state index in [4.69, 9.17) is 4.74 Å². The van der Waals surface area contributed by atoms with Gasteiger partial charge in [0.2, 0.25) is 5.91 Å². The average molecular weight is 390 g/mol. The SMILES string of the molecule is COCC1(CNC(=O)CCc2c(C)nc3[nH]n(C)c(=O)c3c2C)CCNCC1. The Balaban J connectivity index is 1.66. The lowest BCUT2D eigenvalue weighted by Crippen LogP contribution is -2.47. The molecule has 0 unspecified atom stereocenters. The van der Waals surface area contributed by atoms with E-state index in [0.29, 0.717) is 37.0 Å². The molecule has 3 rings (SSSR count). The molecule has 8 heteroatoms. The van der Waals surface area contributed by atoms with Gasteiger partial charge in [-0.25, -0.2) is 4.98 Å². The van der Waals surface area contributed by atoms with Crippen molar-refractivity contribution in [1.29, 1.82) is 0 Å². The number of methoxy groups -OCH3 is 1. The summed E-state index contributed by atoms with van der Waals surface area (Å²) in [6.45, 7) is 7.05. The van der Waals surface area contributed by atoms with Crippen molar-refractivity contribution in [3.63, 3.8) is 0 Å². The second-order valence-corrected chi connectivity index (χ2v) is 7.96. The van der Waals surface area contributed by atoms with Crippen LogP contribution in [0.15, 0.2) is 4.79 Å². The zero-order chi connectivity index (χ0) is 20.3. The first-order chi connectivity index (χ1) is 13.4. The molecule has 0 bridgehead atoms. The predicted octanol–water partition coefficient (Wildman–Crippen LogP) is 0.943. The van der Waals surface area contributed by atoms with Crippen LogP contribution in [0.4, 0.5) is 0 Å². The molecule has 1 fully saturated rings. The molecule has 0 radical (unpaired) electrons. The van der Waals surface area contributed by atoms with E-state index in [1.807, 2.05) is 13.8 Å². The third-order valence-electron chi connectivity index (χ3n) is 5.95. The molecule has 1 saturated heterocycles. The van der Waals surface area contributed by atoms with E-state index in [-0.39, 0.29) is 16.9 Å². The maximum absolute atomic E-state index is 12.5. The van der Waals surface area contributed by atoms with Gasteiger partial charge in [-0.1, -0.05) is 0 Å². The minimum Gasteiger partial charge on any atom is -0.384 e. The fraction of sp³-hybridized carbons (Fsp3) is 0.650. The highest BCUT2D eigenvalue weighted by Crippen LogP contribution is 2.28. The number of nitrogens with zero attached hydrogens (tertiary/aromatic N) is 2. The number of fused-ring (bicyclic) bond motifs is 1. The van der Waals surface area contributed by atoms with Gasteiger partial charge in [-0.3, -0.25) is 19.4 Å². The van der Waals surface area contributed by atoms with Crippen LogP contribution in [0.2, 0.25) is 0 Å². The number of carbonyl (C=O) groups excluding carboxylic acids is 1. The standard InChI is InChI=1S/C20H31N5O3/c1-13-15(14(2)23-18-17(13)19(27)25(3)24-18)5-6-16(26)22-11-20(12-28-4)7-9-21-10-8-20/h21H,5-12H2,1-4H3,(H,22,26)(H,23,24). The smallest absolute Gasteiger partial charge is 0.276 e. The van der Waals surface area contributed by atoms with Gasteiger partial charge in [-0.05, 0) is 57.3 Å². The Bertz CT molecular complexity index is 903. The van der Waals surface area contributed by atoms with Gasteiger partial charge in [0.05, 0.1) is 12.0 Å². The number of H-pyrrole nitrogens is 1. The molecule has 2 aromatic heterocycles. The normalized spacial score (nSPS) is 16.4. The van der Waals surface area contributed by atoms with Gasteiger partial charge in [0.1, 0.15) is 0 Å². The van der Waals surface area contributed by atoms with Crippen molar-refractivity contribution >= 4 is 16.9 Å². The number of ether oxygens (including phenoxy) is 1. The maximum Gasteiger partial charge on any atom is 0.276 e. The number of pyridine rings is 1. The quantitative estimate of drug-likeness (QED) is 0.654. The van der Waals surface area contributed by atoms with Crippen LogP contribution >= 0.6 is 0 Å². The molecule has 0 saturated carbocycles. The number of aryl methyl sites for hydroxylation is 3. The number of piperidine rings is 1. The van der Waals surface area contributed by atoms with Crippen molar-refractivity contribution in [1.82, 2.24) is 25.4 Å². The Labute approximate surface area is 165 Å². The van der Waals surface area contributed by atoms with Crippen LogP contribution in [0.25, 0.3) is 11.0 Å². The van der Waals surface area contributed by atoms with E-state index in [2.05, 4.69) is 20.7 Å². The lowest BCUT2D eigenvalue weighted by molar-refractivity contribution is -0.122. The Kier molecular flexibility index (Phi) is 6.20. The summed E-state index contributed by atoms with van der Waals surface area (Å²) < 4.78 is 6.85. The summed E-state index contributed by atoms with van der Waals surface area (Å²) in [7, 11) is 3.40. The number of amides is 1. The molecule has 1 amide bonds. The minimum atomic E-state index is -0.0851. The largest absolute Gasteiger partial charge is 0.384 e. The second-order valence-electron chi connectivity index (χ2n) is 7.96.